The van der Waals surface area contributed by atoms with Crippen molar-refractivity contribution in [2.24, 2.45) is 5.92 Å². The Kier molecular flexibility index (Phi) is 8.84. The average molecular weight is 341 g/mol. The first-order chi connectivity index (χ1) is 11.7. The van der Waals surface area contributed by atoms with Gasteiger partial charge in [0, 0.05) is 45.4 Å². The average Bonchev–Trinajstić information content (AvgIpc) is 2.62. The monoisotopic (exact) mass is 340 g/mol. The Bertz CT molecular complexity index is 351. The highest BCUT2D eigenvalue weighted by atomic mass is 16.3. The first-order valence-corrected chi connectivity index (χ1v) is 9.81. The topological polar surface area (TPSA) is 67.8 Å². The van der Waals surface area contributed by atoms with E-state index in [1.807, 2.05) is 0 Å². The van der Waals surface area contributed by atoms with Crippen molar-refractivity contribution in [2.45, 2.75) is 51.5 Å². The molecular weight excluding hydrogens is 304 g/mol. The fourth-order valence-electron chi connectivity index (χ4n) is 3.72. The van der Waals surface area contributed by atoms with E-state index in [4.69, 9.17) is 5.11 Å². The molecule has 2 amide bonds. The molecule has 140 valence electrons. The van der Waals surface area contributed by atoms with Gasteiger partial charge in [0.1, 0.15) is 0 Å². The first-order valence-electron chi connectivity index (χ1n) is 9.81. The molecule has 3 N–H and O–H groups in total. The molecule has 0 radical (unpaired) electrons. The van der Waals surface area contributed by atoms with E-state index in [-0.39, 0.29) is 18.7 Å². The summed E-state index contributed by atoms with van der Waals surface area (Å²) in [5.41, 5.74) is 0. The van der Waals surface area contributed by atoms with Crippen LogP contribution in [0.5, 0.6) is 0 Å². The SMILES string of the molecule is CCN1CCN(CCCCNC(=O)NC2CCC(CO)CC2)CC1. The number of rotatable bonds is 8. The fraction of sp³-hybridized carbons (Fsp3) is 0.944. The molecule has 0 spiro atoms. The number of amides is 2. The number of nitrogens with zero attached hydrogens (tertiary/aromatic N) is 2. The summed E-state index contributed by atoms with van der Waals surface area (Å²) < 4.78 is 0. The van der Waals surface area contributed by atoms with E-state index in [9.17, 15) is 4.79 Å². The van der Waals surface area contributed by atoms with Gasteiger partial charge >= 0.3 is 6.03 Å². The predicted octanol–water partition coefficient (Wildman–Crippen LogP) is 1.25. The van der Waals surface area contributed by atoms with Crippen LogP contribution in [0.2, 0.25) is 0 Å². The lowest BCUT2D eigenvalue weighted by Gasteiger charge is -2.34. The molecule has 1 heterocycles. The van der Waals surface area contributed by atoms with Crippen LogP contribution in [0.1, 0.15) is 45.4 Å². The zero-order chi connectivity index (χ0) is 17.2. The minimum Gasteiger partial charge on any atom is -0.396 e. The second-order valence-electron chi connectivity index (χ2n) is 7.28. The number of hydrogen-bond donors (Lipinski definition) is 3. The molecule has 6 nitrogen and oxygen atoms in total. The quantitative estimate of drug-likeness (QED) is 0.582. The Hall–Kier alpha value is -0.850. The third-order valence-electron chi connectivity index (χ3n) is 5.54. The Morgan fingerprint density at radius 1 is 1.04 bits per heavy atom. The Morgan fingerprint density at radius 3 is 2.33 bits per heavy atom. The van der Waals surface area contributed by atoms with Crippen molar-refractivity contribution >= 4 is 6.03 Å². The number of piperazine rings is 1. The maximum atomic E-state index is 11.9. The summed E-state index contributed by atoms with van der Waals surface area (Å²) in [6.07, 6.45) is 6.21. The molecule has 24 heavy (non-hydrogen) atoms. The zero-order valence-electron chi connectivity index (χ0n) is 15.3. The number of hydrogen-bond acceptors (Lipinski definition) is 4. The minimum absolute atomic E-state index is 0.0287. The minimum atomic E-state index is -0.0287. The van der Waals surface area contributed by atoms with Gasteiger partial charge < -0.3 is 25.5 Å². The van der Waals surface area contributed by atoms with Gasteiger partial charge in [-0.05, 0) is 57.5 Å². The van der Waals surface area contributed by atoms with Gasteiger partial charge in [0.25, 0.3) is 0 Å². The molecule has 0 unspecified atom stereocenters. The molecule has 2 fully saturated rings. The highest BCUT2D eigenvalue weighted by Crippen LogP contribution is 2.23. The number of aliphatic hydroxyl groups is 1. The van der Waals surface area contributed by atoms with Crippen LogP contribution in [0.25, 0.3) is 0 Å². The van der Waals surface area contributed by atoms with Gasteiger partial charge in [-0.15, -0.1) is 0 Å². The Morgan fingerprint density at radius 2 is 1.71 bits per heavy atom. The second kappa shape index (κ2) is 10.9. The molecule has 2 aliphatic rings. The number of carbonyl (C=O) groups excluding carboxylic acids is 1. The Balaban J connectivity index is 1.45. The van der Waals surface area contributed by atoms with Crippen LogP contribution in [-0.2, 0) is 0 Å². The summed E-state index contributed by atoms with van der Waals surface area (Å²) in [5.74, 6) is 0.435. The van der Waals surface area contributed by atoms with Crippen molar-refractivity contribution in [1.82, 2.24) is 20.4 Å². The molecular formula is C18H36N4O2. The standard InChI is InChI=1S/C18H36N4O2/c1-2-21-11-13-22(14-12-21)10-4-3-9-19-18(24)20-17-7-5-16(15-23)6-8-17/h16-17,23H,2-15H2,1H3,(H2,19,20,24). The van der Waals surface area contributed by atoms with E-state index in [0.29, 0.717) is 5.92 Å². The van der Waals surface area contributed by atoms with Gasteiger partial charge in [0.15, 0.2) is 0 Å². The summed E-state index contributed by atoms with van der Waals surface area (Å²) in [6, 6.07) is 0.252. The molecule has 1 aliphatic heterocycles. The van der Waals surface area contributed by atoms with Crippen molar-refractivity contribution in [2.75, 3.05) is 52.4 Å². The molecule has 0 aromatic rings. The maximum Gasteiger partial charge on any atom is 0.315 e. The lowest BCUT2D eigenvalue weighted by atomic mass is 9.87. The highest BCUT2D eigenvalue weighted by Gasteiger charge is 2.21. The van der Waals surface area contributed by atoms with Crippen LogP contribution >= 0.6 is 0 Å². The van der Waals surface area contributed by atoms with Gasteiger partial charge in [0.05, 0.1) is 0 Å². The third-order valence-corrected chi connectivity index (χ3v) is 5.54. The van der Waals surface area contributed by atoms with Crippen molar-refractivity contribution in [3.8, 4) is 0 Å². The third kappa shape index (κ3) is 6.95. The number of likely N-dealkylation sites (N-methyl/N-ethyl adjacent to an activating group) is 1. The molecule has 2 rings (SSSR count). The first kappa shape index (κ1) is 19.5. The van der Waals surface area contributed by atoms with Gasteiger partial charge in [0.2, 0.25) is 0 Å². The van der Waals surface area contributed by atoms with Crippen molar-refractivity contribution in [3.63, 3.8) is 0 Å². The van der Waals surface area contributed by atoms with Crippen LogP contribution in [-0.4, -0.2) is 79.4 Å². The van der Waals surface area contributed by atoms with E-state index in [1.165, 1.54) is 26.2 Å². The summed E-state index contributed by atoms with van der Waals surface area (Å²) in [7, 11) is 0. The largest absolute Gasteiger partial charge is 0.396 e. The summed E-state index contributed by atoms with van der Waals surface area (Å²) in [4.78, 5) is 16.9. The predicted molar refractivity (Wildman–Crippen MR) is 97.2 cm³/mol. The molecule has 0 bridgehead atoms. The molecule has 0 aromatic carbocycles. The van der Waals surface area contributed by atoms with Crippen molar-refractivity contribution in [1.29, 1.82) is 0 Å². The van der Waals surface area contributed by atoms with E-state index >= 15 is 0 Å². The van der Waals surface area contributed by atoms with Crippen LogP contribution in [0.4, 0.5) is 4.79 Å². The molecule has 0 aromatic heterocycles. The van der Waals surface area contributed by atoms with E-state index in [2.05, 4.69) is 27.4 Å². The molecule has 6 heteroatoms. The zero-order valence-corrected chi connectivity index (χ0v) is 15.3. The van der Waals surface area contributed by atoms with Gasteiger partial charge in [-0.1, -0.05) is 6.92 Å². The van der Waals surface area contributed by atoms with Gasteiger partial charge in [-0.2, -0.15) is 0 Å². The van der Waals surface area contributed by atoms with E-state index in [1.54, 1.807) is 0 Å². The Labute approximate surface area is 147 Å². The van der Waals surface area contributed by atoms with Crippen LogP contribution in [0.15, 0.2) is 0 Å². The van der Waals surface area contributed by atoms with Gasteiger partial charge in [-0.3, -0.25) is 0 Å². The number of carbonyl (C=O) groups is 1. The molecule has 1 saturated heterocycles. The number of nitrogens with one attached hydrogen (secondary N) is 2. The number of urea groups is 1. The highest BCUT2D eigenvalue weighted by molar-refractivity contribution is 5.74. The summed E-state index contributed by atoms with van der Waals surface area (Å²) >= 11 is 0. The molecule has 1 aliphatic carbocycles. The van der Waals surface area contributed by atoms with E-state index in [0.717, 1.165) is 58.2 Å². The van der Waals surface area contributed by atoms with Crippen LogP contribution < -0.4 is 10.6 Å². The second-order valence-corrected chi connectivity index (χ2v) is 7.28. The summed E-state index contributed by atoms with van der Waals surface area (Å²) in [5, 5.41) is 15.2. The molecule has 0 atom stereocenters. The smallest absolute Gasteiger partial charge is 0.315 e. The maximum absolute atomic E-state index is 11.9. The lowest BCUT2D eigenvalue weighted by molar-refractivity contribution is 0.135. The number of aliphatic hydroxyl groups excluding tert-OH is 1. The normalized spacial score (nSPS) is 26.2. The van der Waals surface area contributed by atoms with E-state index < -0.39 is 0 Å². The molecule has 1 saturated carbocycles. The summed E-state index contributed by atoms with van der Waals surface area (Å²) in [6.45, 7) is 10.3. The number of unbranched alkanes of at least 4 members (excludes halogenated alkanes) is 1. The van der Waals surface area contributed by atoms with Crippen LogP contribution in [0, 0.1) is 5.92 Å². The lowest BCUT2D eigenvalue weighted by Crippen LogP contribution is -2.46. The van der Waals surface area contributed by atoms with Crippen LogP contribution in [0.3, 0.4) is 0 Å². The van der Waals surface area contributed by atoms with Crippen molar-refractivity contribution in [3.05, 3.63) is 0 Å². The van der Waals surface area contributed by atoms with Gasteiger partial charge in [-0.25, -0.2) is 4.79 Å². The van der Waals surface area contributed by atoms with Crippen molar-refractivity contribution < 1.29 is 9.90 Å². The fourth-order valence-corrected chi connectivity index (χ4v) is 3.72.